The minimum absolute atomic E-state index is 0.246. The monoisotopic (exact) mass is 234 g/mol. The Hall–Kier alpha value is -1.31. The summed E-state index contributed by atoms with van der Waals surface area (Å²) in [6.07, 6.45) is 1.96. The summed E-state index contributed by atoms with van der Waals surface area (Å²) in [4.78, 5) is 2.28. The zero-order valence-corrected chi connectivity index (χ0v) is 10.1. The van der Waals surface area contributed by atoms with Gasteiger partial charge in [0.1, 0.15) is 11.8 Å². The van der Waals surface area contributed by atoms with Crippen molar-refractivity contribution in [2.24, 2.45) is 5.92 Å². The fourth-order valence-electron chi connectivity index (χ4n) is 2.37. The Morgan fingerprint density at radius 1 is 1.65 bits per heavy atom. The van der Waals surface area contributed by atoms with Gasteiger partial charge >= 0.3 is 0 Å². The Labute approximate surface area is 101 Å². The number of aliphatic hydroxyl groups is 1. The molecule has 17 heavy (non-hydrogen) atoms. The van der Waals surface area contributed by atoms with Crippen LogP contribution < -0.4 is 0 Å². The average molecular weight is 234 g/mol. The molecule has 1 saturated heterocycles. The van der Waals surface area contributed by atoms with Gasteiger partial charge in [0, 0.05) is 6.54 Å². The van der Waals surface area contributed by atoms with Gasteiger partial charge < -0.3 is 9.52 Å². The number of nitrogens with zero attached hydrogens (tertiary/aromatic N) is 2. The minimum atomic E-state index is -0.246. The van der Waals surface area contributed by atoms with Crippen LogP contribution in [-0.4, -0.2) is 29.2 Å². The van der Waals surface area contributed by atoms with Crippen LogP contribution in [-0.2, 0) is 6.54 Å². The van der Waals surface area contributed by atoms with Gasteiger partial charge in [0.2, 0.25) is 5.76 Å². The molecular formula is C13H18N2O2. The van der Waals surface area contributed by atoms with E-state index in [-0.39, 0.29) is 6.10 Å². The first-order chi connectivity index (χ1) is 8.19. The first kappa shape index (κ1) is 12.2. The van der Waals surface area contributed by atoms with Crippen LogP contribution in [0, 0.1) is 17.2 Å². The summed E-state index contributed by atoms with van der Waals surface area (Å²) in [6, 6.07) is 5.54. The van der Waals surface area contributed by atoms with E-state index >= 15 is 0 Å². The topological polar surface area (TPSA) is 60.4 Å². The molecule has 0 aromatic carbocycles. The normalized spacial score (nSPS) is 23.2. The Morgan fingerprint density at radius 3 is 3.12 bits per heavy atom. The van der Waals surface area contributed by atoms with E-state index in [1.165, 1.54) is 0 Å². The summed E-state index contributed by atoms with van der Waals surface area (Å²) in [5, 5.41) is 18.3. The number of hydrogen-bond acceptors (Lipinski definition) is 4. The van der Waals surface area contributed by atoms with Crippen molar-refractivity contribution in [3.05, 3.63) is 23.7 Å². The summed E-state index contributed by atoms with van der Waals surface area (Å²) >= 11 is 0. The molecule has 0 spiro atoms. The fraction of sp³-hybridized carbons (Fsp3) is 0.615. The van der Waals surface area contributed by atoms with Gasteiger partial charge in [0.05, 0.1) is 12.6 Å². The maximum Gasteiger partial charge on any atom is 0.203 e. The molecule has 92 valence electrons. The molecule has 2 rings (SSSR count). The maximum absolute atomic E-state index is 9.61. The third-order valence-electron chi connectivity index (χ3n) is 3.38. The van der Waals surface area contributed by atoms with E-state index in [1.807, 2.05) is 19.1 Å². The molecule has 0 amide bonds. The number of furan rings is 1. The molecule has 0 saturated carbocycles. The van der Waals surface area contributed by atoms with E-state index in [0.717, 1.165) is 38.2 Å². The van der Waals surface area contributed by atoms with Crippen LogP contribution >= 0.6 is 0 Å². The highest BCUT2D eigenvalue weighted by Gasteiger charge is 2.23. The Morgan fingerprint density at radius 2 is 2.47 bits per heavy atom. The van der Waals surface area contributed by atoms with E-state index in [1.54, 1.807) is 6.07 Å². The molecule has 1 aliphatic rings. The van der Waals surface area contributed by atoms with Crippen molar-refractivity contribution in [3.63, 3.8) is 0 Å². The quantitative estimate of drug-likeness (QED) is 0.865. The smallest absolute Gasteiger partial charge is 0.203 e. The summed E-state index contributed by atoms with van der Waals surface area (Å²) in [7, 11) is 0. The zero-order chi connectivity index (χ0) is 12.3. The summed E-state index contributed by atoms with van der Waals surface area (Å²) < 4.78 is 5.37. The van der Waals surface area contributed by atoms with E-state index in [4.69, 9.17) is 9.68 Å². The molecular weight excluding hydrogens is 216 g/mol. The lowest BCUT2D eigenvalue weighted by atomic mass is 9.93. The van der Waals surface area contributed by atoms with Crippen LogP contribution in [0.25, 0.3) is 0 Å². The number of rotatable bonds is 3. The third-order valence-corrected chi connectivity index (χ3v) is 3.38. The van der Waals surface area contributed by atoms with Gasteiger partial charge in [0.15, 0.2) is 0 Å². The molecule has 0 unspecified atom stereocenters. The molecule has 1 fully saturated rings. The molecule has 4 heteroatoms. The molecule has 2 atom stereocenters. The molecule has 2 heterocycles. The number of aliphatic hydroxyl groups excluding tert-OH is 1. The van der Waals surface area contributed by atoms with Crippen LogP contribution in [0.1, 0.15) is 31.3 Å². The highest BCUT2D eigenvalue weighted by Crippen LogP contribution is 2.21. The molecule has 0 bridgehead atoms. The third kappa shape index (κ3) is 3.09. The van der Waals surface area contributed by atoms with Gasteiger partial charge in [0.25, 0.3) is 0 Å². The van der Waals surface area contributed by atoms with E-state index < -0.39 is 0 Å². The summed E-state index contributed by atoms with van der Waals surface area (Å²) in [6.45, 7) is 4.52. The number of likely N-dealkylation sites (tertiary alicyclic amines) is 1. The van der Waals surface area contributed by atoms with Crippen LogP contribution in [0.4, 0.5) is 0 Å². The van der Waals surface area contributed by atoms with E-state index in [2.05, 4.69) is 4.90 Å². The first-order valence-electron chi connectivity index (χ1n) is 6.08. The molecule has 1 aromatic rings. The highest BCUT2D eigenvalue weighted by molar-refractivity contribution is 5.19. The lowest BCUT2D eigenvalue weighted by Gasteiger charge is -2.33. The van der Waals surface area contributed by atoms with Crippen molar-refractivity contribution >= 4 is 0 Å². The van der Waals surface area contributed by atoms with Crippen LogP contribution in [0.5, 0.6) is 0 Å². The van der Waals surface area contributed by atoms with Crippen molar-refractivity contribution in [1.82, 2.24) is 4.90 Å². The Bertz CT molecular complexity index is 406. The molecule has 0 aliphatic carbocycles. The second-order valence-corrected chi connectivity index (χ2v) is 4.76. The minimum Gasteiger partial charge on any atom is -0.449 e. The van der Waals surface area contributed by atoms with Gasteiger partial charge in [-0.3, -0.25) is 4.90 Å². The Kier molecular flexibility index (Phi) is 3.82. The number of hydrogen-bond donors (Lipinski definition) is 1. The second kappa shape index (κ2) is 5.35. The van der Waals surface area contributed by atoms with Gasteiger partial charge in [-0.15, -0.1) is 0 Å². The van der Waals surface area contributed by atoms with Gasteiger partial charge in [-0.2, -0.15) is 5.26 Å². The highest BCUT2D eigenvalue weighted by atomic mass is 16.3. The van der Waals surface area contributed by atoms with E-state index in [9.17, 15) is 5.11 Å². The van der Waals surface area contributed by atoms with Crippen molar-refractivity contribution in [2.45, 2.75) is 32.4 Å². The van der Waals surface area contributed by atoms with Gasteiger partial charge in [-0.25, -0.2) is 0 Å². The fourth-order valence-corrected chi connectivity index (χ4v) is 2.37. The van der Waals surface area contributed by atoms with Crippen LogP contribution in [0.15, 0.2) is 16.5 Å². The van der Waals surface area contributed by atoms with Crippen LogP contribution in [0.3, 0.4) is 0 Å². The van der Waals surface area contributed by atoms with Gasteiger partial charge in [-0.05, 0) is 44.4 Å². The van der Waals surface area contributed by atoms with Gasteiger partial charge in [-0.1, -0.05) is 0 Å². The number of piperidine rings is 1. The zero-order valence-electron chi connectivity index (χ0n) is 10.1. The second-order valence-electron chi connectivity index (χ2n) is 4.76. The van der Waals surface area contributed by atoms with Crippen molar-refractivity contribution < 1.29 is 9.52 Å². The molecule has 1 aliphatic heterocycles. The van der Waals surface area contributed by atoms with Crippen molar-refractivity contribution in [1.29, 1.82) is 5.26 Å². The summed E-state index contributed by atoms with van der Waals surface area (Å²) in [5.74, 6) is 1.55. The van der Waals surface area contributed by atoms with Crippen LogP contribution in [0.2, 0.25) is 0 Å². The maximum atomic E-state index is 9.61. The lowest BCUT2D eigenvalue weighted by Crippen LogP contribution is -2.38. The molecule has 1 N–H and O–H groups in total. The first-order valence-corrected chi connectivity index (χ1v) is 6.08. The standard InChI is InChI=1S/C13H18N2O2/c1-10(16)11-3-2-6-15(8-11)9-13-5-4-12(7-14)17-13/h4-5,10-11,16H,2-3,6,8-9H2,1H3/t10-,11-/m1/s1. The predicted molar refractivity (Wildman–Crippen MR) is 63.1 cm³/mol. The SMILES string of the molecule is C[C@@H](O)[C@@H]1CCCN(Cc2ccc(C#N)o2)C1. The average Bonchev–Trinajstić information content (AvgIpc) is 2.77. The molecule has 1 aromatic heterocycles. The molecule has 4 nitrogen and oxygen atoms in total. The largest absolute Gasteiger partial charge is 0.449 e. The van der Waals surface area contributed by atoms with E-state index in [0.29, 0.717) is 11.7 Å². The molecule has 0 radical (unpaired) electrons. The predicted octanol–water partition coefficient (Wildman–Crippen LogP) is 1.74. The summed E-state index contributed by atoms with van der Waals surface area (Å²) in [5.41, 5.74) is 0. The Balaban J connectivity index is 1.92. The number of nitriles is 1. The van der Waals surface area contributed by atoms with Crippen molar-refractivity contribution in [2.75, 3.05) is 13.1 Å². The van der Waals surface area contributed by atoms with Crippen molar-refractivity contribution in [3.8, 4) is 6.07 Å². The lowest BCUT2D eigenvalue weighted by molar-refractivity contribution is 0.0572.